The maximum atomic E-state index is 9.99. The first-order valence-electron chi connectivity index (χ1n) is 3.37. The first kappa shape index (κ1) is 7.34. The molecule has 0 spiro atoms. The van der Waals surface area contributed by atoms with Crippen LogP contribution in [0.4, 0.5) is 4.79 Å². The molecule has 1 aliphatic heterocycles. The lowest BCUT2D eigenvalue weighted by Gasteiger charge is -2.07. The van der Waals surface area contributed by atoms with Crippen LogP contribution in [0.1, 0.15) is 12.8 Å². The molecular weight excluding hydrogens is 134 g/mol. The average molecular weight is 145 g/mol. The van der Waals surface area contributed by atoms with Gasteiger partial charge in [0.25, 0.3) is 0 Å². The van der Waals surface area contributed by atoms with E-state index < -0.39 is 6.09 Å². The van der Waals surface area contributed by atoms with Gasteiger partial charge in [-0.15, -0.1) is 0 Å². The van der Waals surface area contributed by atoms with Crippen molar-refractivity contribution in [1.29, 1.82) is 0 Å². The molecule has 0 aromatic rings. The minimum atomic E-state index is -0.976. The molecule has 0 bridgehead atoms. The molecule has 0 radical (unpaired) electrons. The number of ether oxygens (including phenoxy) is 1. The zero-order chi connectivity index (χ0) is 7.40. The van der Waals surface area contributed by atoms with Crippen molar-refractivity contribution in [3.8, 4) is 0 Å². The normalized spacial score (nSPS) is 24.6. The highest BCUT2D eigenvalue weighted by Gasteiger charge is 2.15. The highest BCUT2D eigenvalue weighted by atomic mass is 16.5. The predicted molar refractivity (Wildman–Crippen MR) is 35.0 cm³/mol. The molecular formula is C6H11NO3. The third-order valence-corrected chi connectivity index (χ3v) is 1.50. The predicted octanol–water partition coefficient (Wildman–Crippen LogP) is 0.433. The van der Waals surface area contributed by atoms with Gasteiger partial charge in [0.1, 0.15) is 0 Å². The highest BCUT2D eigenvalue weighted by molar-refractivity contribution is 5.64. The van der Waals surface area contributed by atoms with Crippen LogP contribution in [0.15, 0.2) is 0 Å². The summed E-state index contributed by atoms with van der Waals surface area (Å²) in [7, 11) is 0. The Morgan fingerprint density at radius 1 is 1.80 bits per heavy atom. The molecule has 4 heteroatoms. The fourth-order valence-corrected chi connectivity index (χ4v) is 1.01. The van der Waals surface area contributed by atoms with Crippen molar-refractivity contribution in [2.45, 2.75) is 18.9 Å². The Kier molecular flexibility index (Phi) is 2.50. The average Bonchev–Trinajstić information content (AvgIpc) is 2.34. The van der Waals surface area contributed by atoms with Crippen LogP contribution in [0.2, 0.25) is 0 Å². The summed E-state index contributed by atoms with van der Waals surface area (Å²) in [6, 6.07) is 0. The minimum Gasteiger partial charge on any atom is -0.465 e. The van der Waals surface area contributed by atoms with Gasteiger partial charge in [-0.1, -0.05) is 0 Å². The molecule has 1 aliphatic rings. The summed E-state index contributed by atoms with van der Waals surface area (Å²) in [5.74, 6) is 0. The summed E-state index contributed by atoms with van der Waals surface area (Å²) in [5, 5.41) is 10.5. The fourth-order valence-electron chi connectivity index (χ4n) is 1.01. The smallest absolute Gasteiger partial charge is 0.404 e. The van der Waals surface area contributed by atoms with Gasteiger partial charge < -0.3 is 15.2 Å². The number of nitrogens with one attached hydrogen (secondary N) is 1. The van der Waals surface area contributed by atoms with Crippen molar-refractivity contribution in [3.05, 3.63) is 0 Å². The largest absolute Gasteiger partial charge is 0.465 e. The van der Waals surface area contributed by atoms with Crippen LogP contribution in [-0.4, -0.2) is 30.5 Å². The third kappa shape index (κ3) is 2.23. The van der Waals surface area contributed by atoms with E-state index in [1.165, 1.54) is 0 Å². The van der Waals surface area contributed by atoms with Gasteiger partial charge in [-0.25, -0.2) is 4.79 Å². The molecule has 1 atom stereocenters. The van der Waals surface area contributed by atoms with Crippen LogP contribution in [0.5, 0.6) is 0 Å². The van der Waals surface area contributed by atoms with Gasteiger partial charge in [0.2, 0.25) is 0 Å². The second-order valence-corrected chi connectivity index (χ2v) is 2.32. The Balaban J connectivity index is 2.07. The van der Waals surface area contributed by atoms with E-state index in [2.05, 4.69) is 5.32 Å². The van der Waals surface area contributed by atoms with E-state index in [0.29, 0.717) is 6.54 Å². The quantitative estimate of drug-likeness (QED) is 0.592. The molecule has 0 aromatic heterocycles. The van der Waals surface area contributed by atoms with Gasteiger partial charge >= 0.3 is 6.09 Å². The molecule has 1 rings (SSSR count). The van der Waals surface area contributed by atoms with Crippen LogP contribution in [0.3, 0.4) is 0 Å². The minimum absolute atomic E-state index is 0.107. The highest BCUT2D eigenvalue weighted by Crippen LogP contribution is 2.10. The molecule has 58 valence electrons. The third-order valence-electron chi connectivity index (χ3n) is 1.50. The summed E-state index contributed by atoms with van der Waals surface area (Å²) < 4.78 is 5.18. The number of rotatable bonds is 2. The van der Waals surface area contributed by atoms with E-state index in [4.69, 9.17) is 9.84 Å². The van der Waals surface area contributed by atoms with Crippen molar-refractivity contribution >= 4 is 6.09 Å². The first-order chi connectivity index (χ1) is 4.79. The topological polar surface area (TPSA) is 58.6 Å². The van der Waals surface area contributed by atoms with Crippen LogP contribution >= 0.6 is 0 Å². The Hall–Kier alpha value is -0.770. The van der Waals surface area contributed by atoms with E-state index in [9.17, 15) is 4.79 Å². The summed E-state index contributed by atoms with van der Waals surface area (Å²) in [5.41, 5.74) is 0. The molecule has 0 aliphatic carbocycles. The van der Waals surface area contributed by atoms with Crippen molar-refractivity contribution in [2.75, 3.05) is 13.2 Å². The van der Waals surface area contributed by atoms with Gasteiger partial charge in [0, 0.05) is 13.2 Å². The fraction of sp³-hybridized carbons (Fsp3) is 0.833. The molecule has 1 fully saturated rings. The number of hydrogen-bond donors (Lipinski definition) is 2. The molecule has 1 heterocycles. The standard InChI is InChI=1S/C6H11NO3/c8-6(9)7-4-5-2-1-3-10-5/h5,7H,1-4H2,(H,8,9). The number of hydrogen-bond acceptors (Lipinski definition) is 2. The SMILES string of the molecule is O=C(O)NCC1CCCO1. The maximum Gasteiger partial charge on any atom is 0.404 e. The second-order valence-electron chi connectivity index (χ2n) is 2.32. The Morgan fingerprint density at radius 3 is 3.10 bits per heavy atom. The van der Waals surface area contributed by atoms with Crippen LogP contribution in [-0.2, 0) is 4.74 Å². The van der Waals surface area contributed by atoms with Crippen molar-refractivity contribution in [1.82, 2.24) is 5.32 Å². The van der Waals surface area contributed by atoms with Gasteiger partial charge in [0.15, 0.2) is 0 Å². The van der Waals surface area contributed by atoms with Gasteiger partial charge in [-0.2, -0.15) is 0 Å². The molecule has 4 nitrogen and oxygen atoms in total. The summed E-state index contributed by atoms with van der Waals surface area (Å²) in [4.78, 5) is 9.99. The number of amides is 1. The van der Waals surface area contributed by atoms with E-state index in [1.54, 1.807) is 0 Å². The van der Waals surface area contributed by atoms with Gasteiger partial charge in [0.05, 0.1) is 6.10 Å². The molecule has 10 heavy (non-hydrogen) atoms. The molecule has 0 saturated carbocycles. The summed E-state index contributed by atoms with van der Waals surface area (Å²) in [6.45, 7) is 1.20. The lowest BCUT2D eigenvalue weighted by atomic mass is 10.2. The molecule has 1 amide bonds. The lowest BCUT2D eigenvalue weighted by molar-refractivity contribution is 0.108. The van der Waals surface area contributed by atoms with Crippen molar-refractivity contribution < 1.29 is 14.6 Å². The lowest BCUT2D eigenvalue weighted by Crippen LogP contribution is -2.30. The zero-order valence-corrected chi connectivity index (χ0v) is 5.67. The van der Waals surface area contributed by atoms with Gasteiger partial charge in [-0.3, -0.25) is 0 Å². The van der Waals surface area contributed by atoms with E-state index >= 15 is 0 Å². The monoisotopic (exact) mass is 145 g/mol. The van der Waals surface area contributed by atoms with Crippen LogP contribution < -0.4 is 5.32 Å². The molecule has 0 aromatic carbocycles. The summed E-state index contributed by atoms with van der Waals surface area (Å²) in [6.07, 6.45) is 1.15. The molecule has 2 N–H and O–H groups in total. The Bertz CT molecular complexity index is 120. The Labute approximate surface area is 59.2 Å². The molecule has 1 saturated heterocycles. The number of carbonyl (C=O) groups is 1. The summed E-state index contributed by atoms with van der Waals surface area (Å²) >= 11 is 0. The maximum absolute atomic E-state index is 9.99. The second kappa shape index (κ2) is 3.41. The molecule has 1 unspecified atom stereocenters. The zero-order valence-electron chi connectivity index (χ0n) is 5.67. The van der Waals surface area contributed by atoms with E-state index in [1.807, 2.05) is 0 Å². The Morgan fingerprint density at radius 2 is 2.60 bits per heavy atom. The van der Waals surface area contributed by atoms with Crippen molar-refractivity contribution in [3.63, 3.8) is 0 Å². The van der Waals surface area contributed by atoms with Gasteiger partial charge in [-0.05, 0) is 12.8 Å². The van der Waals surface area contributed by atoms with Crippen molar-refractivity contribution in [2.24, 2.45) is 0 Å². The van der Waals surface area contributed by atoms with Crippen LogP contribution in [0, 0.1) is 0 Å². The van der Waals surface area contributed by atoms with Crippen LogP contribution in [0.25, 0.3) is 0 Å². The van der Waals surface area contributed by atoms with E-state index in [-0.39, 0.29) is 6.10 Å². The van der Waals surface area contributed by atoms with E-state index in [0.717, 1.165) is 19.4 Å². The first-order valence-corrected chi connectivity index (χ1v) is 3.37. The number of carboxylic acid groups (broad SMARTS) is 1.